The van der Waals surface area contributed by atoms with Crippen LogP contribution in [0, 0.1) is 23.2 Å². The smallest absolute Gasteiger partial charge is 0.322 e. The van der Waals surface area contributed by atoms with Crippen LogP contribution in [0.5, 0.6) is 0 Å². The highest BCUT2D eigenvalue weighted by Gasteiger charge is 2.47. The lowest BCUT2D eigenvalue weighted by Crippen LogP contribution is -2.41. The van der Waals surface area contributed by atoms with Crippen LogP contribution in [0.15, 0.2) is 54.7 Å². The quantitative estimate of drug-likeness (QED) is 0.553. The highest BCUT2D eigenvalue weighted by molar-refractivity contribution is 6.15. The Bertz CT molecular complexity index is 1350. The molecule has 184 valence electrons. The highest BCUT2D eigenvalue weighted by atomic mass is 19.4. The van der Waals surface area contributed by atoms with Gasteiger partial charge in [-0.2, -0.15) is 23.5 Å². The number of anilines is 2. The second-order valence-electron chi connectivity index (χ2n) is 9.18. The van der Waals surface area contributed by atoms with E-state index in [-0.39, 0.29) is 35.9 Å². The van der Waals surface area contributed by atoms with Crippen molar-refractivity contribution in [2.45, 2.75) is 32.0 Å². The largest absolute Gasteiger partial charge is 0.391 e. The topological polar surface area (TPSA) is 91.0 Å². The van der Waals surface area contributed by atoms with Gasteiger partial charge in [-0.15, -0.1) is 0 Å². The predicted molar refractivity (Wildman–Crippen MR) is 125 cm³/mol. The first-order valence-electron chi connectivity index (χ1n) is 11.6. The van der Waals surface area contributed by atoms with Gasteiger partial charge in [0, 0.05) is 17.9 Å². The number of carbonyl (C=O) groups is 2. The maximum Gasteiger partial charge on any atom is 0.391 e. The van der Waals surface area contributed by atoms with Crippen LogP contribution in [-0.2, 0) is 13.0 Å². The molecule has 2 aliphatic rings. The minimum absolute atomic E-state index is 0.0170. The number of benzene rings is 2. The minimum Gasteiger partial charge on any atom is -0.322 e. The molecule has 0 unspecified atom stereocenters. The zero-order valence-corrected chi connectivity index (χ0v) is 19.1. The van der Waals surface area contributed by atoms with Crippen LogP contribution >= 0.6 is 0 Å². The van der Waals surface area contributed by atoms with Gasteiger partial charge in [0.1, 0.15) is 5.69 Å². The molecule has 2 heterocycles. The fraction of sp³-hybridized carbons (Fsp3) is 0.308. The maximum absolute atomic E-state index is 13.3. The van der Waals surface area contributed by atoms with Crippen molar-refractivity contribution in [1.29, 1.82) is 5.26 Å². The molecule has 3 aromatic rings. The number of amides is 2. The first kappa shape index (κ1) is 23.6. The molecule has 2 amide bonds. The van der Waals surface area contributed by atoms with E-state index in [1.54, 1.807) is 35.2 Å². The molecule has 1 fully saturated rings. The number of hydrogen-bond acceptors (Lipinski definition) is 4. The van der Waals surface area contributed by atoms with Crippen molar-refractivity contribution >= 4 is 23.2 Å². The number of hydrogen-bond donors (Lipinski definition) is 1. The molecule has 0 bridgehead atoms. The number of alkyl halides is 3. The monoisotopic (exact) mass is 493 g/mol. The molecule has 0 saturated heterocycles. The van der Waals surface area contributed by atoms with Crippen molar-refractivity contribution in [3.8, 4) is 6.07 Å². The summed E-state index contributed by atoms with van der Waals surface area (Å²) in [6.07, 6.45) is -1.87. The van der Waals surface area contributed by atoms with Crippen LogP contribution in [0.2, 0.25) is 0 Å². The molecular weight excluding hydrogens is 471 g/mol. The number of rotatable bonds is 5. The molecule has 2 aromatic carbocycles. The first-order valence-corrected chi connectivity index (χ1v) is 11.6. The summed E-state index contributed by atoms with van der Waals surface area (Å²) in [7, 11) is 0. The summed E-state index contributed by atoms with van der Waals surface area (Å²) >= 11 is 0. The van der Waals surface area contributed by atoms with E-state index in [1.165, 1.54) is 16.9 Å². The summed E-state index contributed by atoms with van der Waals surface area (Å²) in [5.74, 6) is -2.05. The summed E-state index contributed by atoms with van der Waals surface area (Å²) in [6, 6.07) is 15.7. The zero-order chi connectivity index (χ0) is 25.4. The second-order valence-corrected chi connectivity index (χ2v) is 9.18. The Morgan fingerprint density at radius 1 is 1.14 bits per heavy atom. The Balaban J connectivity index is 1.27. The fourth-order valence-corrected chi connectivity index (χ4v) is 4.80. The Morgan fingerprint density at radius 2 is 1.89 bits per heavy atom. The lowest BCUT2D eigenvalue weighted by atomic mass is 9.72. The molecule has 1 aliphatic carbocycles. The van der Waals surface area contributed by atoms with Crippen LogP contribution in [0.4, 0.5) is 24.5 Å². The van der Waals surface area contributed by atoms with Gasteiger partial charge in [0.25, 0.3) is 11.8 Å². The Labute approximate surface area is 205 Å². The van der Waals surface area contributed by atoms with Crippen molar-refractivity contribution in [2.75, 3.05) is 16.8 Å². The summed E-state index contributed by atoms with van der Waals surface area (Å²) in [4.78, 5) is 27.8. The fourth-order valence-electron chi connectivity index (χ4n) is 4.80. The van der Waals surface area contributed by atoms with Gasteiger partial charge >= 0.3 is 6.18 Å². The molecule has 5 rings (SSSR count). The number of nitrogens with zero attached hydrogens (tertiary/aromatic N) is 4. The zero-order valence-electron chi connectivity index (χ0n) is 19.1. The molecule has 1 aromatic heterocycles. The van der Waals surface area contributed by atoms with Gasteiger partial charge in [-0.3, -0.25) is 14.3 Å². The number of carbonyl (C=O) groups excluding carboxylic acids is 2. The third-order valence-corrected chi connectivity index (χ3v) is 6.79. The average molecular weight is 493 g/mol. The van der Waals surface area contributed by atoms with E-state index < -0.39 is 18.0 Å². The van der Waals surface area contributed by atoms with Crippen molar-refractivity contribution in [1.82, 2.24) is 9.78 Å². The van der Waals surface area contributed by atoms with E-state index in [4.69, 9.17) is 5.26 Å². The minimum atomic E-state index is -4.11. The van der Waals surface area contributed by atoms with E-state index in [9.17, 15) is 22.8 Å². The average Bonchev–Trinajstić information content (AvgIpc) is 3.26. The van der Waals surface area contributed by atoms with E-state index >= 15 is 0 Å². The first-order chi connectivity index (χ1) is 17.2. The van der Waals surface area contributed by atoms with Gasteiger partial charge < -0.3 is 10.2 Å². The van der Waals surface area contributed by atoms with Gasteiger partial charge in [-0.25, -0.2) is 0 Å². The molecule has 1 N–H and O–H groups in total. The van der Waals surface area contributed by atoms with Gasteiger partial charge in [-0.05, 0) is 61.1 Å². The SMILES string of the molecule is N#Cc1cccc(NC(=O)c2cnn3c2C(=O)N(c2ccc(CC4CC(C(F)(F)F)C4)cc2)CC3)c1. The molecule has 10 heteroatoms. The highest BCUT2D eigenvalue weighted by Crippen LogP contribution is 2.46. The van der Waals surface area contributed by atoms with Gasteiger partial charge in [0.05, 0.1) is 35.9 Å². The second kappa shape index (κ2) is 9.15. The standard InChI is InChI=1S/C26H22F3N5O2/c27-26(28,29)19-11-18(12-19)10-16-4-6-21(7-5-16)33-8-9-34-23(25(33)36)22(15-31-34)24(35)32-20-3-1-2-17(13-20)14-30/h1-7,13,15,18-19H,8-12H2,(H,32,35). The van der Waals surface area contributed by atoms with Crippen molar-refractivity contribution in [2.24, 2.45) is 11.8 Å². The number of halogens is 3. The third-order valence-electron chi connectivity index (χ3n) is 6.79. The molecule has 36 heavy (non-hydrogen) atoms. The Kier molecular flexibility index (Phi) is 6.00. The number of nitriles is 1. The van der Waals surface area contributed by atoms with Crippen molar-refractivity contribution < 1.29 is 22.8 Å². The van der Waals surface area contributed by atoms with E-state index in [1.807, 2.05) is 18.2 Å². The van der Waals surface area contributed by atoms with Crippen molar-refractivity contribution in [3.05, 3.63) is 77.1 Å². The number of fused-ring (bicyclic) bond motifs is 1. The summed E-state index contributed by atoms with van der Waals surface area (Å²) in [6.45, 7) is 0.773. The summed E-state index contributed by atoms with van der Waals surface area (Å²) in [5.41, 5.74) is 2.71. The lowest BCUT2D eigenvalue weighted by Gasteiger charge is -2.36. The molecule has 1 aliphatic heterocycles. The number of aromatic nitrogens is 2. The number of nitrogens with one attached hydrogen (secondary N) is 1. The normalized spacial score (nSPS) is 19.3. The molecule has 0 spiro atoms. The van der Waals surface area contributed by atoms with Crippen LogP contribution in [0.3, 0.4) is 0 Å². The third kappa shape index (κ3) is 4.56. The summed E-state index contributed by atoms with van der Waals surface area (Å²) < 4.78 is 39.7. The molecule has 1 saturated carbocycles. The van der Waals surface area contributed by atoms with Crippen molar-refractivity contribution in [3.63, 3.8) is 0 Å². The summed E-state index contributed by atoms with van der Waals surface area (Å²) in [5, 5.41) is 16.0. The lowest BCUT2D eigenvalue weighted by molar-refractivity contribution is -0.204. The molecule has 0 atom stereocenters. The van der Waals surface area contributed by atoms with E-state index in [0.717, 1.165) is 5.56 Å². The molecule has 7 nitrogen and oxygen atoms in total. The molecule has 0 radical (unpaired) electrons. The van der Waals surface area contributed by atoms with Gasteiger partial charge in [-0.1, -0.05) is 18.2 Å². The molecular formula is C26H22F3N5O2. The van der Waals surface area contributed by atoms with E-state index in [2.05, 4.69) is 10.4 Å². The van der Waals surface area contributed by atoms with Crippen LogP contribution < -0.4 is 10.2 Å². The van der Waals surface area contributed by atoms with E-state index in [0.29, 0.717) is 36.4 Å². The Morgan fingerprint density at radius 3 is 2.58 bits per heavy atom. The Hall–Kier alpha value is -4.13. The van der Waals surface area contributed by atoms with Crippen LogP contribution in [-0.4, -0.2) is 34.3 Å². The van der Waals surface area contributed by atoms with Crippen LogP contribution in [0.25, 0.3) is 0 Å². The van der Waals surface area contributed by atoms with Gasteiger partial charge in [0.2, 0.25) is 0 Å². The maximum atomic E-state index is 13.3. The van der Waals surface area contributed by atoms with Gasteiger partial charge in [0.15, 0.2) is 0 Å². The predicted octanol–water partition coefficient (Wildman–Crippen LogP) is 4.80. The van der Waals surface area contributed by atoms with Crippen LogP contribution in [0.1, 0.15) is 44.8 Å².